The van der Waals surface area contributed by atoms with Crippen LogP contribution >= 0.6 is 0 Å². The van der Waals surface area contributed by atoms with E-state index in [0.717, 1.165) is 89.0 Å². The maximum atomic E-state index is 13.3. The summed E-state index contributed by atoms with van der Waals surface area (Å²) in [5, 5.41) is 20.9. The minimum atomic E-state index is -0.603. The van der Waals surface area contributed by atoms with Gasteiger partial charge in [-0.15, -0.1) is 0 Å². The molecule has 0 saturated heterocycles. The normalized spacial score (nSPS) is 11.5. The molecule has 0 spiro atoms. The van der Waals surface area contributed by atoms with E-state index in [2.05, 4.69) is 42.5 Å². The number of hydrazine groups is 2. The van der Waals surface area contributed by atoms with E-state index in [-0.39, 0.29) is 35.5 Å². The van der Waals surface area contributed by atoms with E-state index in [1.54, 1.807) is 18.2 Å². The van der Waals surface area contributed by atoms with Crippen molar-refractivity contribution in [2.24, 2.45) is 5.92 Å². The third-order valence-electron chi connectivity index (χ3n) is 8.67. The van der Waals surface area contributed by atoms with Crippen LogP contribution < -0.4 is 21.7 Å². The number of carbonyl (C=O) groups excluding carboxylic acids is 4. The van der Waals surface area contributed by atoms with Crippen LogP contribution in [0.2, 0.25) is 0 Å². The minimum absolute atomic E-state index is 0.0344. The molecule has 0 saturated carbocycles. The van der Waals surface area contributed by atoms with Gasteiger partial charge < -0.3 is 10.2 Å². The molecule has 0 aliphatic carbocycles. The van der Waals surface area contributed by atoms with Crippen LogP contribution in [-0.2, 0) is 22.4 Å². The topological polar surface area (TPSA) is 157 Å². The molecule has 10 heteroatoms. The Morgan fingerprint density at radius 2 is 1.02 bits per heavy atom. The molecular formula is C38H58N4O6. The summed E-state index contributed by atoms with van der Waals surface area (Å²) in [7, 11) is 0. The lowest BCUT2D eigenvalue weighted by Gasteiger charge is -2.18. The molecule has 10 nitrogen and oxygen atoms in total. The van der Waals surface area contributed by atoms with Crippen molar-refractivity contribution in [3.8, 4) is 11.5 Å². The Bertz CT molecular complexity index is 1300. The van der Waals surface area contributed by atoms with Crippen molar-refractivity contribution in [3.05, 3.63) is 58.7 Å². The van der Waals surface area contributed by atoms with E-state index in [0.29, 0.717) is 24.8 Å². The van der Waals surface area contributed by atoms with Gasteiger partial charge in [0.1, 0.15) is 11.5 Å². The molecule has 0 fully saturated rings. The van der Waals surface area contributed by atoms with Crippen LogP contribution in [0.5, 0.6) is 11.5 Å². The Labute approximate surface area is 286 Å². The van der Waals surface area contributed by atoms with Gasteiger partial charge >= 0.3 is 0 Å². The van der Waals surface area contributed by atoms with E-state index in [4.69, 9.17) is 0 Å². The van der Waals surface area contributed by atoms with E-state index in [1.807, 2.05) is 6.07 Å². The van der Waals surface area contributed by atoms with Crippen molar-refractivity contribution < 1.29 is 29.4 Å². The van der Waals surface area contributed by atoms with Crippen LogP contribution in [0, 0.1) is 5.92 Å². The molecular weight excluding hydrogens is 608 g/mol. The lowest BCUT2D eigenvalue weighted by atomic mass is 9.95. The molecule has 0 heterocycles. The summed E-state index contributed by atoms with van der Waals surface area (Å²) in [6.45, 7) is 6.38. The molecule has 266 valence electrons. The predicted molar refractivity (Wildman–Crippen MR) is 189 cm³/mol. The van der Waals surface area contributed by atoms with Gasteiger partial charge in [0.15, 0.2) is 0 Å². The van der Waals surface area contributed by atoms with Gasteiger partial charge in [-0.25, -0.2) is 0 Å². The smallest absolute Gasteiger partial charge is 0.273 e. The lowest BCUT2D eigenvalue weighted by molar-refractivity contribution is -0.127. The fourth-order valence-electron chi connectivity index (χ4n) is 5.84. The standard InChI is InChI=1S/C38H58N4O6/c1-4-7-10-13-16-21-30(36(46)40-42-38(48)35-29(20-15-12-9-6-3)23-18-25-32(35)44)26-27-33(45)39-41-37(47)34-28(19-14-11-8-5-2)22-17-24-31(34)43/h17-18,22-25,30,43-44H,4-16,19-21,26-27H2,1-3H3,(H,39,45)(H,40,46)(H,41,47)(H,42,48). The van der Waals surface area contributed by atoms with Crippen LogP contribution in [0.15, 0.2) is 36.4 Å². The quantitative estimate of drug-likeness (QED) is 0.0571. The van der Waals surface area contributed by atoms with Gasteiger partial charge in [0.2, 0.25) is 11.8 Å². The van der Waals surface area contributed by atoms with Crippen LogP contribution in [0.4, 0.5) is 0 Å². The lowest BCUT2D eigenvalue weighted by Crippen LogP contribution is -2.45. The van der Waals surface area contributed by atoms with Crippen molar-refractivity contribution in [3.63, 3.8) is 0 Å². The molecule has 0 aliphatic rings. The number of amides is 4. The molecule has 1 unspecified atom stereocenters. The summed E-state index contributed by atoms with van der Waals surface area (Å²) < 4.78 is 0. The first-order chi connectivity index (χ1) is 23.2. The molecule has 4 amide bonds. The molecule has 0 aromatic heterocycles. The van der Waals surface area contributed by atoms with Crippen LogP contribution in [0.25, 0.3) is 0 Å². The highest BCUT2D eigenvalue weighted by atomic mass is 16.3. The van der Waals surface area contributed by atoms with Gasteiger partial charge in [0.25, 0.3) is 11.8 Å². The van der Waals surface area contributed by atoms with Crippen molar-refractivity contribution in [2.75, 3.05) is 0 Å². The van der Waals surface area contributed by atoms with Gasteiger partial charge in [-0.1, -0.05) is 116 Å². The first-order valence-electron chi connectivity index (χ1n) is 18.0. The second-order valence-electron chi connectivity index (χ2n) is 12.6. The maximum absolute atomic E-state index is 13.3. The predicted octanol–water partition coefficient (Wildman–Crippen LogP) is 7.32. The van der Waals surface area contributed by atoms with Crippen molar-refractivity contribution in [1.29, 1.82) is 0 Å². The average molecular weight is 667 g/mol. The summed E-state index contributed by atoms with van der Waals surface area (Å²) in [5.41, 5.74) is 11.5. The molecule has 0 radical (unpaired) electrons. The maximum Gasteiger partial charge on any atom is 0.273 e. The molecule has 2 aromatic carbocycles. The second kappa shape index (κ2) is 23.3. The van der Waals surface area contributed by atoms with Crippen molar-refractivity contribution >= 4 is 23.6 Å². The highest BCUT2D eigenvalue weighted by Crippen LogP contribution is 2.24. The van der Waals surface area contributed by atoms with Gasteiger partial charge in [-0.2, -0.15) is 0 Å². The first-order valence-corrected chi connectivity index (χ1v) is 18.0. The Morgan fingerprint density at radius 1 is 0.562 bits per heavy atom. The Kier molecular flexibility index (Phi) is 19.4. The minimum Gasteiger partial charge on any atom is -0.507 e. The van der Waals surface area contributed by atoms with E-state index >= 15 is 0 Å². The number of rotatable bonds is 22. The number of carbonyl (C=O) groups is 4. The van der Waals surface area contributed by atoms with Gasteiger partial charge in [0.05, 0.1) is 11.1 Å². The average Bonchev–Trinajstić information content (AvgIpc) is 3.07. The first kappa shape index (κ1) is 40.1. The monoisotopic (exact) mass is 666 g/mol. The van der Waals surface area contributed by atoms with Crippen molar-refractivity contribution in [1.82, 2.24) is 21.7 Å². The number of hydrogen-bond donors (Lipinski definition) is 6. The SMILES string of the molecule is CCCCCCCC(CCC(=O)NNC(=O)c1c(O)cccc1CCCCCC)C(=O)NNC(=O)c1c(O)cccc1CCCCCC. The zero-order valence-corrected chi connectivity index (χ0v) is 29.3. The summed E-state index contributed by atoms with van der Waals surface area (Å²) in [6.07, 6.45) is 15.2. The summed E-state index contributed by atoms with van der Waals surface area (Å²) in [5.74, 6) is -2.94. The summed E-state index contributed by atoms with van der Waals surface area (Å²) in [4.78, 5) is 52.1. The van der Waals surface area contributed by atoms with Crippen molar-refractivity contribution in [2.45, 2.75) is 136 Å². The van der Waals surface area contributed by atoms with Gasteiger partial charge in [0, 0.05) is 12.3 Å². The molecule has 0 bridgehead atoms. The highest BCUT2D eigenvalue weighted by Gasteiger charge is 2.23. The van der Waals surface area contributed by atoms with Gasteiger partial charge in [-0.3, -0.25) is 40.9 Å². The third kappa shape index (κ3) is 14.4. The van der Waals surface area contributed by atoms with Crippen LogP contribution in [0.3, 0.4) is 0 Å². The van der Waals surface area contributed by atoms with E-state index in [9.17, 15) is 29.4 Å². The number of hydrogen-bond acceptors (Lipinski definition) is 6. The molecule has 2 rings (SSSR count). The summed E-state index contributed by atoms with van der Waals surface area (Å²) >= 11 is 0. The number of nitrogens with one attached hydrogen (secondary N) is 4. The zero-order chi connectivity index (χ0) is 35.1. The molecule has 48 heavy (non-hydrogen) atoms. The second-order valence-corrected chi connectivity index (χ2v) is 12.6. The Hall–Kier alpha value is -4.08. The molecule has 1 atom stereocenters. The number of phenolic OH excluding ortho intramolecular Hbond substituents is 2. The Morgan fingerprint density at radius 3 is 1.52 bits per heavy atom. The van der Waals surface area contributed by atoms with E-state index in [1.165, 1.54) is 12.1 Å². The largest absolute Gasteiger partial charge is 0.507 e. The number of aromatic hydroxyl groups is 2. The number of phenols is 2. The number of aryl methyl sites for hydroxylation is 2. The zero-order valence-electron chi connectivity index (χ0n) is 29.3. The summed E-state index contributed by atoms with van der Waals surface area (Å²) in [6, 6.07) is 9.92. The van der Waals surface area contributed by atoms with Gasteiger partial charge in [-0.05, 0) is 61.8 Å². The highest BCUT2D eigenvalue weighted by molar-refractivity contribution is 6.00. The molecule has 2 aromatic rings. The Balaban J connectivity index is 1.99. The fourth-order valence-corrected chi connectivity index (χ4v) is 5.84. The van der Waals surface area contributed by atoms with Crippen LogP contribution in [0.1, 0.15) is 155 Å². The fraction of sp³-hybridized carbons (Fsp3) is 0.579. The molecule has 6 N–H and O–H groups in total. The number of benzene rings is 2. The number of unbranched alkanes of at least 4 members (excludes halogenated alkanes) is 10. The molecule has 0 aliphatic heterocycles. The third-order valence-corrected chi connectivity index (χ3v) is 8.67. The van der Waals surface area contributed by atoms with Crippen LogP contribution in [-0.4, -0.2) is 33.8 Å². The van der Waals surface area contributed by atoms with E-state index < -0.39 is 29.5 Å².